The summed E-state index contributed by atoms with van der Waals surface area (Å²) in [5.74, 6) is -3.09. The number of rotatable bonds is 9. The third-order valence-corrected chi connectivity index (χ3v) is 7.27. The van der Waals surface area contributed by atoms with Gasteiger partial charge in [0.25, 0.3) is 0 Å². The van der Waals surface area contributed by atoms with Crippen LogP contribution >= 0.6 is 0 Å². The summed E-state index contributed by atoms with van der Waals surface area (Å²) in [6, 6.07) is 0. The zero-order valence-corrected chi connectivity index (χ0v) is 19.7. The first-order valence-corrected chi connectivity index (χ1v) is 11.6. The predicted molar refractivity (Wildman–Crippen MR) is 119 cm³/mol. The largest absolute Gasteiger partial charge is 0.481 e. The SMILES string of the molecule is CC[C@@H](O)C[C@@H](O)C(C(=O)O)[C@@H]1[C@@H]2C(=C[C@H](C)C[C@@H]2OC(=O)C(C)(C)CC)C=C[C@@H]1C. The molecule has 2 aliphatic rings. The van der Waals surface area contributed by atoms with E-state index in [1.807, 2.05) is 39.8 Å². The minimum absolute atomic E-state index is 0.00981. The Bertz CT molecular complexity index is 709. The lowest BCUT2D eigenvalue weighted by atomic mass is 9.61. The van der Waals surface area contributed by atoms with Crippen molar-refractivity contribution in [1.82, 2.24) is 0 Å². The van der Waals surface area contributed by atoms with Crippen LogP contribution in [0.25, 0.3) is 0 Å². The van der Waals surface area contributed by atoms with E-state index >= 15 is 0 Å². The number of aliphatic hydroxyl groups is 2. The molecule has 0 radical (unpaired) electrons. The number of carbonyl (C=O) groups is 2. The molecule has 0 saturated carbocycles. The molecule has 2 aliphatic carbocycles. The van der Waals surface area contributed by atoms with Crippen LogP contribution in [0.5, 0.6) is 0 Å². The quantitative estimate of drug-likeness (QED) is 0.473. The topological polar surface area (TPSA) is 104 Å². The van der Waals surface area contributed by atoms with Crippen LogP contribution < -0.4 is 0 Å². The molecule has 3 N–H and O–H groups in total. The fourth-order valence-electron chi connectivity index (χ4n) is 4.88. The summed E-state index contributed by atoms with van der Waals surface area (Å²) in [5.41, 5.74) is 0.357. The Hall–Kier alpha value is -1.66. The first-order valence-electron chi connectivity index (χ1n) is 11.6. The summed E-state index contributed by atoms with van der Waals surface area (Å²) in [6.45, 7) is 11.5. The lowest BCUT2D eigenvalue weighted by molar-refractivity contribution is -0.167. The molecule has 0 fully saturated rings. The highest BCUT2D eigenvalue weighted by Crippen LogP contribution is 2.47. The van der Waals surface area contributed by atoms with Crippen molar-refractivity contribution < 1.29 is 29.6 Å². The molecule has 8 atom stereocenters. The zero-order valence-electron chi connectivity index (χ0n) is 19.7. The van der Waals surface area contributed by atoms with E-state index < -0.39 is 41.5 Å². The fourth-order valence-corrected chi connectivity index (χ4v) is 4.88. The van der Waals surface area contributed by atoms with Crippen molar-refractivity contribution in [1.29, 1.82) is 0 Å². The molecular formula is C25H40O6. The Morgan fingerprint density at radius 2 is 1.87 bits per heavy atom. The number of ether oxygens (including phenoxy) is 1. The van der Waals surface area contributed by atoms with Crippen LogP contribution in [-0.2, 0) is 14.3 Å². The number of hydrogen-bond acceptors (Lipinski definition) is 5. The number of aliphatic carboxylic acids is 1. The molecule has 6 nitrogen and oxygen atoms in total. The van der Waals surface area contributed by atoms with Crippen LogP contribution in [0.2, 0.25) is 0 Å². The molecule has 0 bridgehead atoms. The Kier molecular flexibility index (Phi) is 8.51. The summed E-state index contributed by atoms with van der Waals surface area (Å²) in [4.78, 5) is 25.2. The average Bonchev–Trinajstić information content (AvgIpc) is 2.69. The number of esters is 1. The minimum Gasteiger partial charge on any atom is -0.481 e. The van der Waals surface area contributed by atoms with Gasteiger partial charge in [-0.2, -0.15) is 0 Å². The van der Waals surface area contributed by atoms with Gasteiger partial charge in [0.15, 0.2) is 0 Å². The second kappa shape index (κ2) is 10.3. The van der Waals surface area contributed by atoms with E-state index in [1.54, 1.807) is 6.92 Å². The van der Waals surface area contributed by atoms with Gasteiger partial charge in [-0.15, -0.1) is 0 Å². The molecule has 0 amide bonds. The van der Waals surface area contributed by atoms with Crippen LogP contribution in [0, 0.1) is 35.0 Å². The van der Waals surface area contributed by atoms with Crippen molar-refractivity contribution >= 4 is 11.9 Å². The van der Waals surface area contributed by atoms with Crippen LogP contribution in [0.3, 0.4) is 0 Å². The number of allylic oxidation sites excluding steroid dienone is 3. The maximum Gasteiger partial charge on any atom is 0.311 e. The first-order chi connectivity index (χ1) is 14.4. The van der Waals surface area contributed by atoms with Gasteiger partial charge >= 0.3 is 11.9 Å². The van der Waals surface area contributed by atoms with Gasteiger partial charge < -0.3 is 20.1 Å². The summed E-state index contributed by atoms with van der Waals surface area (Å²) < 4.78 is 6.04. The van der Waals surface area contributed by atoms with Crippen molar-refractivity contribution in [2.75, 3.05) is 0 Å². The van der Waals surface area contributed by atoms with E-state index in [0.29, 0.717) is 19.3 Å². The number of carboxylic acids is 1. The van der Waals surface area contributed by atoms with Crippen molar-refractivity contribution in [2.24, 2.45) is 35.0 Å². The molecule has 0 aromatic rings. The summed E-state index contributed by atoms with van der Waals surface area (Å²) in [6.07, 6.45) is 5.46. The molecule has 0 aromatic carbocycles. The van der Waals surface area contributed by atoms with Gasteiger partial charge in [-0.05, 0) is 56.4 Å². The third kappa shape index (κ3) is 5.78. The third-order valence-electron chi connectivity index (χ3n) is 7.27. The second-order valence-electron chi connectivity index (χ2n) is 10.1. The normalized spacial score (nSPS) is 31.2. The number of fused-ring (bicyclic) bond motifs is 1. The van der Waals surface area contributed by atoms with Gasteiger partial charge in [0.1, 0.15) is 6.10 Å². The van der Waals surface area contributed by atoms with Gasteiger partial charge in [0, 0.05) is 12.3 Å². The molecular weight excluding hydrogens is 396 g/mol. The van der Waals surface area contributed by atoms with Gasteiger partial charge in [0.2, 0.25) is 0 Å². The Morgan fingerprint density at radius 3 is 2.42 bits per heavy atom. The van der Waals surface area contributed by atoms with E-state index in [0.717, 1.165) is 5.57 Å². The monoisotopic (exact) mass is 436 g/mol. The molecule has 0 aromatic heterocycles. The minimum atomic E-state index is -1.18. The number of carboxylic acid groups (broad SMARTS) is 1. The highest BCUT2D eigenvalue weighted by molar-refractivity contribution is 5.76. The molecule has 0 saturated heterocycles. The van der Waals surface area contributed by atoms with Crippen molar-refractivity contribution in [3.63, 3.8) is 0 Å². The van der Waals surface area contributed by atoms with Crippen LogP contribution in [0.4, 0.5) is 0 Å². The van der Waals surface area contributed by atoms with Crippen molar-refractivity contribution in [3.05, 3.63) is 23.8 Å². The average molecular weight is 437 g/mol. The zero-order chi connectivity index (χ0) is 23.5. The van der Waals surface area contributed by atoms with Gasteiger partial charge in [-0.1, -0.05) is 45.9 Å². The van der Waals surface area contributed by atoms with Crippen molar-refractivity contribution in [3.8, 4) is 0 Å². The predicted octanol–water partition coefficient (Wildman–Crippen LogP) is 3.96. The smallest absolute Gasteiger partial charge is 0.311 e. The highest BCUT2D eigenvalue weighted by Gasteiger charge is 2.49. The lowest BCUT2D eigenvalue weighted by Gasteiger charge is -2.46. The molecule has 176 valence electrons. The molecule has 0 spiro atoms. The maximum atomic E-state index is 12.9. The van der Waals surface area contributed by atoms with Gasteiger partial charge in [-0.3, -0.25) is 9.59 Å². The van der Waals surface area contributed by atoms with E-state index in [9.17, 15) is 24.9 Å². The number of aliphatic hydroxyl groups excluding tert-OH is 2. The van der Waals surface area contributed by atoms with Gasteiger partial charge in [0.05, 0.1) is 23.5 Å². The molecule has 6 heteroatoms. The van der Waals surface area contributed by atoms with Crippen LogP contribution in [-0.4, -0.2) is 45.6 Å². The van der Waals surface area contributed by atoms with E-state index in [1.165, 1.54) is 0 Å². The highest BCUT2D eigenvalue weighted by atomic mass is 16.5. The fraction of sp³-hybridized carbons (Fsp3) is 0.760. The number of hydrogen-bond donors (Lipinski definition) is 3. The van der Waals surface area contributed by atoms with Crippen LogP contribution in [0.15, 0.2) is 23.8 Å². The Labute approximate surface area is 186 Å². The molecule has 2 rings (SSSR count). The standard InChI is InChI=1S/C25H40O6/c1-7-17(26)13-18(27)22(23(28)29)20-15(4)9-10-16-11-14(3)12-19(21(16)20)31-24(30)25(5,6)8-2/h9-11,14-15,17-22,26-27H,7-8,12-13H2,1-6H3,(H,28,29)/t14-,15-,17+,18+,19-,20-,21+,22?/m0/s1. The van der Waals surface area contributed by atoms with Crippen LogP contribution in [0.1, 0.15) is 67.2 Å². The molecule has 1 unspecified atom stereocenters. The maximum absolute atomic E-state index is 12.9. The summed E-state index contributed by atoms with van der Waals surface area (Å²) in [7, 11) is 0. The Morgan fingerprint density at radius 1 is 1.23 bits per heavy atom. The van der Waals surface area contributed by atoms with Crippen molar-refractivity contribution in [2.45, 2.75) is 85.5 Å². The molecule has 31 heavy (non-hydrogen) atoms. The van der Waals surface area contributed by atoms with E-state index in [-0.39, 0.29) is 30.1 Å². The molecule has 0 aliphatic heterocycles. The number of carbonyl (C=O) groups excluding carboxylic acids is 1. The lowest BCUT2D eigenvalue weighted by Crippen LogP contribution is -2.49. The second-order valence-corrected chi connectivity index (χ2v) is 10.1. The summed E-state index contributed by atoms with van der Waals surface area (Å²) >= 11 is 0. The first kappa shape index (κ1) is 25.6. The Balaban J connectivity index is 2.44. The van der Waals surface area contributed by atoms with E-state index in [4.69, 9.17) is 4.74 Å². The van der Waals surface area contributed by atoms with E-state index in [2.05, 4.69) is 13.0 Å². The van der Waals surface area contributed by atoms with Gasteiger partial charge in [-0.25, -0.2) is 0 Å². The molecule has 0 heterocycles. The summed E-state index contributed by atoms with van der Waals surface area (Å²) in [5, 5.41) is 31.0.